The predicted octanol–water partition coefficient (Wildman–Crippen LogP) is 2.47. The van der Waals surface area contributed by atoms with Crippen LogP contribution >= 0.6 is 0 Å². The first-order chi connectivity index (χ1) is 14.7. The van der Waals surface area contributed by atoms with Gasteiger partial charge in [0.15, 0.2) is 5.96 Å². The first kappa shape index (κ1) is 22.3. The van der Waals surface area contributed by atoms with E-state index in [1.807, 2.05) is 12.1 Å². The number of hydrogen-bond donors (Lipinski definition) is 2. The third-order valence-corrected chi connectivity index (χ3v) is 5.33. The molecule has 164 valence electrons. The summed E-state index contributed by atoms with van der Waals surface area (Å²) in [6, 6.07) is 12.7. The van der Waals surface area contributed by atoms with Crippen molar-refractivity contribution < 1.29 is 9.15 Å². The van der Waals surface area contributed by atoms with E-state index < -0.39 is 0 Å². The van der Waals surface area contributed by atoms with Gasteiger partial charge in [-0.3, -0.25) is 9.80 Å². The highest BCUT2D eigenvalue weighted by molar-refractivity contribution is 5.79. The van der Waals surface area contributed by atoms with E-state index in [-0.39, 0.29) is 6.04 Å². The highest BCUT2D eigenvalue weighted by atomic mass is 16.5. The second kappa shape index (κ2) is 11.7. The second-order valence-corrected chi connectivity index (χ2v) is 7.73. The summed E-state index contributed by atoms with van der Waals surface area (Å²) in [5, 5.41) is 6.83. The molecule has 0 amide bonds. The van der Waals surface area contributed by atoms with E-state index in [2.05, 4.69) is 65.7 Å². The smallest absolute Gasteiger partial charge is 0.191 e. The van der Waals surface area contributed by atoms with Gasteiger partial charge >= 0.3 is 0 Å². The minimum absolute atomic E-state index is 0.137. The van der Waals surface area contributed by atoms with Crippen LogP contribution in [0.3, 0.4) is 0 Å². The summed E-state index contributed by atoms with van der Waals surface area (Å²) >= 11 is 0. The molecule has 3 rings (SSSR count). The van der Waals surface area contributed by atoms with Crippen molar-refractivity contribution in [1.29, 1.82) is 0 Å². The Morgan fingerprint density at radius 1 is 1.10 bits per heavy atom. The van der Waals surface area contributed by atoms with Crippen LogP contribution in [0.4, 0.5) is 0 Å². The van der Waals surface area contributed by atoms with E-state index in [0.29, 0.717) is 13.1 Å². The lowest BCUT2D eigenvalue weighted by atomic mass is 10.1. The molecule has 1 aliphatic rings. The first-order valence-corrected chi connectivity index (χ1v) is 10.8. The summed E-state index contributed by atoms with van der Waals surface area (Å²) in [6.45, 7) is 8.80. The average Bonchev–Trinajstić information content (AvgIpc) is 3.28. The third-order valence-electron chi connectivity index (χ3n) is 5.33. The SMILES string of the molecule is CCNC(=NCc1ccccc1CN1CCOCC1)NCC(c1ccco1)N(C)C. The van der Waals surface area contributed by atoms with Crippen molar-refractivity contribution in [3.63, 3.8) is 0 Å². The van der Waals surface area contributed by atoms with Crippen LogP contribution < -0.4 is 10.6 Å². The number of nitrogens with one attached hydrogen (secondary N) is 2. The van der Waals surface area contributed by atoms with Crippen molar-refractivity contribution in [3.8, 4) is 0 Å². The minimum atomic E-state index is 0.137. The van der Waals surface area contributed by atoms with E-state index in [0.717, 1.165) is 51.1 Å². The topological polar surface area (TPSA) is 65.3 Å². The van der Waals surface area contributed by atoms with Crippen molar-refractivity contribution in [3.05, 3.63) is 59.5 Å². The quantitative estimate of drug-likeness (QED) is 0.486. The highest BCUT2D eigenvalue weighted by Gasteiger charge is 2.17. The van der Waals surface area contributed by atoms with Gasteiger partial charge in [0.05, 0.1) is 32.1 Å². The number of likely N-dealkylation sites (N-methyl/N-ethyl adjacent to an activating group) is 1. The Labute approximate surface area is 180 Å². The normalized spacial score (nSPS) is 16.6. The summed E-state index contributed by atoms with van der Waals surface area (Å²) in [5.74, 6) is 1.76. The number of furan rings is 1. The Balaban J connectivity index is 1.64. The second-order valence-electron chi connectivity index (χ2n) is 7.73. The maximum Gasteiger partial charge on any atom is 0.191 e. The molecule has 7 heteroatoms. The van der Waals surface area contributed by atoms with Crippen LogP contribution in [0, 0.1) is 0 Å². The van der Waals surface area contributed by atoms with E-state index in [4.69, 9.17) is 14.1 Å². The van der Waals surface area contributed by atoms with Crippen LogP contribution in [0.1, 0.15) is 29.9 Å². The predicted molar refractivity (Wildman–Crippen MR) is 120 cm³/mol. The van der Waals surface area contributed by atoms with Gasteiger partial charge < -0.3 is 19.8 Å². The summed E-state index contributed by atoms with van der Waals surface area (Å²) in [6.07, 6.45) is 1.72. The van der Waals surface area contributed by atoms with Gasteiger partial charge in [-0.1, -0.05) is 24.3 Å². The van der Waals surface area contributed by atoms with Crippen LogP contribution in [-0.4, -0.2) is 69.2 Å². The number of guanidine groups is 1. The number of rotatable bonds is 9. The monoisotopic (exact) mass is 413 g/mol. The molecule has 2 heterocycles. The Morgan fingerprint density at radius 2 is 1.87 bits per heavy atom. The fourth-order valence-electron chi connectivity index (χ4n) is 3.58. The zero-order valence-electron chi connectivity index (χ0n) is 18.4. The maximum atomic E-state index is 5.61. The van der Waals surface area contributed by atoms with E-state index in [1.165, 1.54) is 11.1 Å². The molecule has 1 unspecified atom stereocenters. The summed E-state index contributed by atoms with van der Waals surface area (Å²) in [5.41, 5.74) is 2.59. The molecule has 1 saturated heterocycles. The van der Waals surface area contributed by atoms with Gasteiger partial charge in [0, 0.05) is 32.7 Å². The van der Waals surface area contributed by atoms with Crippen molar-refractivity contribution in [2.24, 2.45) is 4.99 Å². The van der Waals surface area contributed by atoms with Crippen LogP contribution in [0.15, 0.2) is 52.1 Å². The molecular weight excluding hydrogens is 378 g/mol. The Kier molecular flexibility index (Phi) is 8.74. The van der Waals surface area contributed by atoms with Crippen LogP contribution in [0.25, 0.3) is 0 Å². The van der Waals surface area contributed by atoms with Gasteiger partial charge in [-0.15, -0.1) is 0 Å². The molecule has 1 fully saturated rings. The van der Waals surface area contributed by atoms with Crippen molar-refractivity contribution >= 4 is 5.96 Å². The molecule has 1 aromatic carbocycles. The lowest BCUT2D eigenvalue weighted by Crippen LogP contribution is -2.41. The lowest BCUT2D eigenvalue weighted by molar-refractivity contribution is 0.0341. The molecule has 30 heavy (non-hydrogen) atoms. The molecule has 0 spiro atoms. The molecule has 1 aliphatic heterocycles. The number of ether oxygens (including phenoxy) is 1. The first-order valence-electron chi connectivity index (χ1n) is 10.8. The summed E-state index contributed by atoms with van der Waals surface area (Å²) in [7, 11) is 4.11. The molecule has 1 atom stereocenters. The number of aliphatic imine (C=N–C) groups is 1. The molecule has 0 aliphatic carbocycles. The molecule has 0 radical (unpaired) electrons. The van der Waals surface area contributed by atoms with Gasteiger partial charge in [-0.2, -0.15) is 0 Å². The fraction of sp³-hybridized carbons (Fsp3) is 0.522. The average molecular weight is 414 g/mol. The molecule has 0 saturated carbocycles. The summed E-state index contributed by atoms with van der Waals surface area (Å²) in [4.78, 5) is 9.44. The highest BCUT2D eigenvalue weighted by Crippen LogP contribution is 2.18. The van der Waals surface area contributed by atoms with Gasteiger partial charge in [0.1, 0.15) is 5.76 Å². The van der Waals surface area contributed by atoms with Crippen molar-refractivity contribution in [1.82, 2.24) is 20.4 Å². The van der Waals surface area contributed by atoms with Crippen molar-refractivity contribution in [2.75, 3.05) is 53.5 Å². The number of nitrogens with zero attached hydrogens (tertiary/aromatic N) is 3. The molecule has 1 aromatic heterocycles. The number of morpholine rings is 1. The third kappa shape index (κ3) is 6.58. The summed E-state index contributed by atoms with van der Waals surface area (Å²) < 4.78 is 11.1. The van der Waals surface area contributed by atoms with Crippen molar-refractivity contribution in [2.45, 2.75) is 26.1 Å². The fourth-order valence-corrected chi connectivity index (χ4v) is 3.58. The van der Waals surface area contributed by atoms with Crippen LogP contribution in [0.5, 0.6) is 0 Å². The Bertz CT molecular complexity index is 770. The van der Waals surface area contributed by atoms with Gasteiger partial charge in [0.25, 0.3) is 0 Å². The van der Waals surface area contributed by atoms with Gasteiger partial charge in [-0.05, 0) is 44.3 Å². The lowest BCUT2D eigenvalue weighted by Gasteiger charge is -2.27. The molecular formula is C23H35N5O2. The zero-order valence-corrected chi connectivity index (χ0v) is 18.4. The molecule has 2 aromatic rings. The molecule has 7 nitrogen and oxygen atoms in total. The van der Waals surface area contributed by atoms with E-state index in [1.54, 1.807) is 6.26 Å². The van der Waals surface area contributed by atoms with Gasteiger partial charge in [0.2, 0.25) is 0 Å². The Hall–Kier alpha value is -2.35. The van der Waals surface area contributed by atoms with Crippen LogP contribution in [0.2, 0.25) is 0 Å². The maximum absolute atomic E-state index is 5.61. The van der Waals surface area contributed by atoms with Crippen LogP contribution in [-0.2, 0) is 17.8 Å². The van der Waals surface area contributed by atoms with E-state index >= 15 is 0 Å². The zero-order chi connectivity index (χ0) is 21.2. The minimum Gasteiger partial charge on any atom is -0.468 e. The number of hydrogen-bond acceptors (Lipinski definition) is 5. The molecule has 2 N–H and O–H groups in total. The molecule has 0 bridgehead atoms. The largest absolute Gasteiger partial charge is 0.468 e. The number of benzene rings is 1. The van der Waals surface area contributed by atoms with E-state index in [9.17, 15) is 0 Å². The standard InChI is InChI=1S/C23H35N5O2/c1-4-24-23(26-17-21(27(2)3)22-10-7-13-30-22)25-16-19-8-5-6-9-20(19)18-28-11-14-29-15-12-28/h5-10,13,21H,4,11-12,14-18H2,1-3H3,(H2,24,25,26). The Morgan fingerprint density at radius 3 is 2.53 bits per heavy atom. The van der Waals surface area contributed by atoms with Gasteiger partial charge in [-0.25, -0.2) is 4.99 Å².